The van der Waals surface area contributed by atoms with Crippen molar-refractivity contribution >= 4 is 22.7 Å². The molecule has 0 fully saturated rings. The van der Waals surface area contributed by atoms with E-state index in [9.17, 15) is 0 Å². The van der Waals surface area contributed by atoms with Crippen LogP contribution in [0.4, 0.5) is 0 Å². The number of benzene rings is 1. The SMILES string of the molecule is CCCCCCc1ccc(-c2ccc(-c3ccnc(-c4cc(-c5c(C)cc(C)cc5C)ccn4)c3)s2)s1. The number of pyridine rings is 2. The van der Waals surface area contributed by atoms with Gasteiger partial charge in [0.15, 0.2) is 0 Å². The Morgan fingerprint density at radius 1 is 0.622 bits per heavy atom. The van der Waals surface area contributed by atoms with Crippen molar-refractivity contribution in [2.75, 3.05) is 0 Å². The summed E-state index contributed by atoms with van der Waals surface area (Å²) >= 11 is 3.80. The van der Waals surface area contributed by atoms with Crippen LogP contribution >= 0.6 is 22.7 Å². The summed E-state index contributed by atoms with van der Waals surface area (Å²) in [6, 6.07) is 22.1. The van der Waals surface area contributed by atoms with Gasteiger partial charge in [0.25, 0.3) is 0 Å². The van der Waals surface area contributed by atoms with Crippen LogP contribution in [0.25, 0.3) is 42.7 Å². The number of hydrogen-bond acceptors (Lipinski definition) is 4. The highest BCUT2D eigenvalue weighted by atomic mass is 32.1. The van der Waals surface area contributed by atoms with Gasteiger partial charge in [-0.2, -0.15) is 0 Å². The zero-order valence-corrected chi connectivity index (χ0v) is 23.8. The van der Waals surface area contributed by atoms with E-state index in [1.54, 1.807) is 0 Å². The van der Waals surface area contributed by atoms with E-state index in [-0.39, 0.29) is 0 Å². The molecule has 0 radical (unpaired) electrons. The molecule has 0 atom stereocenters. The largest absolute Gasteiger partial charge is 0.255 e. The van der Waals surface area contributed by atoms with Gasteiger partial charge in [0.2, 0.25) is 0 Å². The first kappa shape index (κ1) is 25.6. The Bertz CT molecular complexity index is 1490. The molecule has 37 heavy (non-hydrogen) atoms. The van der Waals surface area contributed by atoms with Gasteiger partial charge >= 0.3 is 0 Å². The van der Waals surface area contributed by atoms with E-state index < -0.39 is 0 Å². The fraction of sp³-hybridized carbons (Fsp3) is 0.273. The highest BCUT2D eigenvalue weighted by molar-refractivity contribution is 7.23. The zero-order valence-electron chi connectivity index (χ0n) is 22.2. The second-order valence-corrected chi connectivity index (χ2v) is 12.1. The summed E-state index contributed by atoms with van der Waals surface area (Å²) in [5, 5.41) is 0. The summed E-state index contributed by atoms with van der Waals surface area (Å²) in [5.74, 6) is 0. The quantitative estimate of drug-likeness (QED) is 0.180. The predicted octanol–water partition coefficient (Wildman–Crippen LogP) is 10.3. The first-order valence-electron chi connectivity index (χ1n) is 13.2. The molecule has 2 nitrogen and oxygen atoms in total. The molecule has 4 heterocycles. The van der Waals surface area contributed by atoms with Crippen LogP contribution in [-0.4, -0.2) is 9.97 Å². The molecule has 1 aromatic carbocycles. The predicted molar refractivity (Wildman–Crippen MR) is 162 cm³/mol. The monoisotopic (exact) mass is 522 g/mol. The first-order chi connectivity index (χ1) is 18.0. The fourth-order valence-electron chi connectivity index (χ4n) is 5.08. The van der Waals surface area contributed by atoms with Gasteiger partial charge in [0.1, 0.15) is 0 Å². The number of aryl methyl sites for hydroxylation is 4. The summed E-state index contributed by atoms with van der Waals surface area (Å²) < 4.78 is 0. The Labute approximate surface area is 229 Å². The van der Waals surface area contributed by atoms with Crippen molar-refractivity contribution in [1.82, 2.24) is 9.97 Å². The Kier molecular flexibility index (Phi) is 7.97. The summed E-state index contributed by atoms with van der Waals surface area (Å²) in [4.78, 5) is 14.8. The van der Waals surface area contributed by atoms with E-state index in [4.69, 9.17) is 0 Å². The van der Waals surface area contributed by atoms with Crippen LogP contribution in [0.2, 0.25) is 0 Å². The summed E-state index contributed by atoms with van der Waals surface area (Å²) in [6.07, 6.45) is 10.3. The van der Waals surface area contributed by atoms with Crippen molar-refractivity contribution < 1.29 is 0 Å². The molecule has 0 aliphatic carbocycles. The maximum absolute atomic E-state index is 4.68. The number of aromatic nitrogens is 2. The maximum Gasteiger partial charge on any atom is 0.0892 e. The third kappa shape index (κ3) is 5.92. The van der Waals surface area contributed by atoms with Crippen LogP contribution in [0.15, 0.2) is 73.1 Å². The summed E-state index contributed by atoms with van der Waals surface area (Å²) in [5.41, 5.74) is 9.35. The Morgan fingerprint density at radius 3 is 1.97 bits per heavy atom. The van der Waals surface area contributed by atoms with Gasteiger partial charge in [-0.25, -0.2) is 0 Å². The molecular formula is C33H34N2S2. The number of rotatable bonds is 9. The molecule has 0 aliphatic heterocycles. The topological polar surface area (TPSA) is 25.8 Å². The lowest BCUT2D eigenvalue weighted by Gasteiger charge is -2.12. The van der Waals surface area contributed by atoms with E-state index in [1.165, 1.54) is 85.0 Å². The maximum atomic E-state index is 4.68. The number of unbranched alkanes of at least 4 members (excludes halogenated alkanes) is 3. The molecule has 0 unspecified atom stereocenters. The van der Waals surface area contributed by atoms with E-state index in [1.807, 2.05) is 35.1 Å². The highest BCUT2D eigenvalue weighted by Crippen LogP contribution is 2.39. The van der Waals surface area contributed by atoms with Crippen LogP contribution in [0, 0.1) is 20.8 Å². The van der Waals surface area contributed by atoms with Crippen molar-refractivity contribution in [1.29, 1.82) is 0 Å². The molecule has 4 heteroatoms. The van der Waals surface area contributed by atoms with Gasteiger partial charge in [-0.15, -0.1) is 22.7 Å². The second kappa shape index (κ2) is 11.5. The first-order valence-corrected chi connectivity index (χ1v) is 14.8. The van der Waals surface area contributed by atoms with Crippen LogP contribution in [0.3, 0.4) is 0 Å². The van der Waals surface area contributed by atoms with Crippen molar-refractivity contribution in [3.05, 3.63) is 94.6 Å². The lowest BCUT2D eigenvalue weighted by molar-refractivity contribution is 0.670. The fourth-order valence-corrected chi connectivity index (χ4v) is 7.22. The lowest BCUT2D eigenvalue weighted by atomic mass is 9.94. The Balaban J connectivity index is 1.38. The van der Waals surface area contributed by atoms with Crippen molar-refractivity contribution in [2.45, 2.75) is 59.8 Å². The van der Waals surface area contributed by atoms with Crippen LogP contribution in [-0.2, 0) is 6.42 Å². The average molecular weight is 523 g/mol. The second-order valence-electron chi connectivity index (χ2n) is 9.87. The molecule has 4 aromatic heterocycles. The number of nitrogens with zero attached hydrogens (tertiary/aromatic N) is 2. The van der Waals surface area contributed by atoms with Crippen molar-refractivity contribution in [3.63, 3.8) is 0 Å². The summed E-state index contributed by atoms with van der Waals surface area (Å²) in [6.45, 7) is 8.79. The number of thiophene rings is 2. The average Bonchev–Trinajstić information content (AvgIpc) is 3.56. The van der Waals surface area contributed by atoms with Crippen LogP contribution in [0.5, 0.6) is 0 Å². The van der Waals surface area contributed by atoms with E-state index in [0.29, 0.717) is 0 Å². The molecule has 0 aliphatic rings. The minimum Gasteiger partial charge on any atom is -0.255 e. The van der Waals surface area contributed by atoms with Gasteiger partial charge in [0, 0.05) is 31.9 Å². The van der Waals surface area contributed by atoms with Gasteiger partial charge in [0.05, 0.1) is 11.4 Å². The molecule has 0 spiro atoms. The van der Waals surface area contributed by atoms with Gasteiger partial charge in [-0.3, -0.25) is 9.97 Å². The molecule has 5 aromatic rings. The molecule has 5 rings (SSSR count). The lowest BCUT2D eigenvalue weighted by Crippen LogP contribution is -1.93. The third-order valence-corrected chi connectivity index (χ3v) is 9.29. The highest BCUT2D eigenvalue weighted by Gasteiger charge is 2.12. The molecule has 0 saturated carbocycles. The Hall–Kier alpha value is -3.08. The third-order valence-electron chi connectivity index (χ3n) is 6.82. The molecule has 0 bridgehead atoms. The van der Waals surface area contributed by atoms with Crippen molar-refractivity contribution in [2.24, 2.45) is 0 Å². The standard InChI is InChI=1S/C33H34N2S2/c1-5-6-7-8-9-27-10-11-31(36-27)32-13-12-30(37-32)25-14-16-34-28(20-25)29-21-26(15-17-35-29)33-23(3)18-22(2)19-24(33)4/h10-21H,5-9H2,1-4H3. The normalized spacial score (nSPS) is 11.2. The smallest absolute Gasteiger partial charge is 0.0892 e. The minimum absolute atomic E-state index is 0.904. The van der Waals surface area contributed by atoms with Crippen LogP contribution < -0.4 is 0 Å². The molecule has 0 amide bonds. The zero-order chi connectivity index (χ0) is 25.8. The van der Waals surface area contributed by atoms with E-state index in [2.05, 4.69) is 98.3 Å². The van der Waals surface area contributed by atoms with E-state index in [0.717, 1.165) is 11.4 Å². The molecule has 0 N–H and O–H groups in total. The Morgan fingerprint density at radius 2 is 1.24 bits per heavy atom. The van der Waals surface area contributed by atoms with Gasteiger partial charge < -0.3 is 0 Å². The van der Waals surface area contributed by atoms with Gasteiger partial charge in [-0.05, 0) is 110 Å². The van der Waals surface area contributed by atoms with Crippen molar-refractivity contribution in [3.8, 4) is 42.7 Å². The van der Waals surface area contributed by atoms with E-state index >= 15 is 0 Å². The van der Waals surface area contributed by atoms with Gasteiger partial charge in [-0.1, -0.05) is 43.9 Å². The molecular weight excluding hydrogens is 489 g/mol. The summed E-state index contributed by atoms with van der Waals surface area (Å²) in [7, 11) is 0. The molecule has 188 valence electrons. The molecule has 0 saturated heterocycles. The number of hydrogen-bond donors (Lipinski definition) is 0. The minimum atomic E-state index is 0.904. The van der Waals surface area contributed by atoms with Crippen LogP contribution in [0.1, 0.15) is 54.2 Å².